The summed E-state index contributed by atoms with van der Waals surface area (Å²) in [5, 5.41) is 59.7. The Morgan fingerprint density at radius 2 is 1.72 bits per heavy atom. The monoisotopic (exact) mass is 352 g/mol. The molecule has 1 heterocycles. The average Bonchev–Trinajstić information content (AvgIpc) is 2.52. The molecule has 0 radical (unpaired) electrons. The van der Waals surface area contributed by atoms with E-state index in [4.69, 9.17) is 4.74 Å². The van der Waals surface area contributed by atoms with E-state index >= 15 is 0 Å². The molecule has 0 unspecified atom stereocenters. The van der Waals surface area contributed by atoms with E-state index in [0.29, 0.717) is 12.0 Å². The predicted octanol–water partition coefficient (Wildman–Crippen LogP) is 0.940. The van der Waals surface area contributed by atoms with Crippen molar-refractivity contribution < 1.29 is 35.4 Å². The van der Waals surface area contributed by atoms with Crippen LogP contribution in [0, 0.1) is 0 Å². The van der Waals surface area contributed by atoms with Gasteiger partial charge >= 0.3 is 0 Å². The van der Waals surface area contributed by atoms with Crippen LogP contribution in [0.4, 0.5) is 0 Å². The number of benzene rings is 1. The minimum atomic E-state index is -1.42. The summed E-state index contributed by atoms with van der Waals surface area (Å²) in [6.45, 7) is 1.70. The predicted molar refractivity (Wildman–Crippen MR) is 90.7 cm³/mol. The normalized spacial score (nSPS) is 31.3. The number of aromatic hydroxyl groups is 2. The lowest BCUT2D eigenvalue weighted by Crippen LogP contribution is -2.35. The highest BCUT2D eigenvalue weighted by molar-refractivity contribution is 5.61. The molecule has 0 saturated carbocycles. The minimum absolute atomic E-state index is 0.0231. The van der Waals surface area contributed by atoms with Crippen molar-refractivity contribution in [1.29, 1.82) is 0 Å². The van der Waals surface area contributed by atoms with Gasteiger partial charge in [0.25, 0.3) is 0 Å². The van der Waals surface area contributed by atoms with Gasteiger partial charge in [0.05, 0.1) is 17.8 Å². The maximum Gasteiger partial charge on any atom is 0.185 e. The first-order valence-corrected chi connectivity index (χ1v) is 8.06. The summed E-state index contributed by atoms with van der Waals surface area (Å²) in [7, 11) is 0. The summed E-state index contributed by atoms with van der Waals surface area (Å²) in [5.74, 6) is -0.515. The number of ether oxygens (including phenoxy) is 1. The first-order chi connectivity index (χ1) is 11.8. The second-order valence-electron chi connectivity index (χ2n) is 6.12. The van der Waals surface area contributed by atoms with Crippen LogP contribution in [0.25, 0.3) is 6.08 Å². The quantitative estimate of drug-likeness (QED) is 0.383. The Labute approximate surface area is 145 Å². The van der Waals surface area contributed by atoms with Crippen molar-refractivity contribution in [3.8, 4) is 11.5 Å². The van der Waals surface area contributed by atoms with E-state index in [1.807, 2.05) is 0 Å². The molecule has 6 N–H and O–H groups in total. The number of phenolic OH excluding ortho intramolecular Hbond substituents is 2. The van der Waals surface area contributed by atoms with E-state index in [0.717, 1.165) is 6.07 Å². The van der Waals surface area contributed by atoms with Crippen LogP contribution >= 0.6 is 0 Å². The number of aliphatic hydroxyl groups excluding tert-OH is 4. The molecule has 0 spiro atoms. The summed E-state index contributed by atoms with van der Waals surface area (Å²) in [4.78, 5) is 0. The number of hydrogen-bond donors (Lipinski definition) is 6. The fourth-order valence-corrected chi connectivity index (χ4v) is 2.62. The Kier molecular flexibility index (Phi) is 6.57. The third-order valence-corrected chi connectivity index (χ3v) is 4.00. The van der Waals surface area contributed by atoms with E-state index in [-0.39, 0.29) is 23.5 Å². The molecule has 1 aliphatic heterocycles. The SMILES string of the molecule is C[C@H]1CC=C[C@H](O)[C@@H](O)[C@@H](O)CC=Cc2cc(O)cc(O)c2[C@@H](O)O1. The molecular formula is C18H24O7. The van der Waals surface area contributed by atoms with Gasteiger partial charge in [-0.25, -0.2) is 0 Å². The highest BCUT2D eigenvalue weighted by Gasteiger charge is 2.23. The molecule has 1 aliphatic rings. The van der Waals surface area contributed by atoms with E-state index in [2.05, 4.69) is 0 Å². The zero-order valence-corrected chi connectivity index (χ0v) is 13.9. The molecule has 2 rings (SSSR count). The molecule has 1 aromatic carbocycles. The first kappa shape index (κ1) is 19.4. The van der Waals surface area contributed by atoms with Gasteiger partial charge in [0.2, 0.25) is 0 Å². The molecule has 5 atom stereocenters. The maximum atomic E-state index is 10.3. The average molecular weight is 352 g/mol. The Bertz CT molecular complexity index is 641. The Morgan fingerprint density at radius 3 is 2.44 bits per heavy atom. The molecule has 25 heavy (non-hydrogen) atoms. The highest BCUT2D eigenvalue weighted by Crippen LogP contribution is 2.34. The van der Waals surface area contributed by atoms with Crippen LogP contribution in [0.3, 0.4) is 0 Å². The number of rotatable bonds is 0. The van der Waals surface area contributed by atoms with Crippen molar-refractivity contribution >= 4 is 6.08 Å². The smallest absolute Gasteiger partial charge is 0.185 e. The molecule has 0 fully saturated rings. The molecule has 0 amide bonds. The minimum Gasteiger partial charge on any atom is -0.508 e. The van der Waals surface area contributed by atoms with Crippen LogP contribution in [0.1, 0.15) is 37.2 Å². The number of phenols is 2. The van der Waals surface area contributed by atoms with Crippen LogP contribution in [0.2, 0.25) is 0 Å². The molecule has 7 heteroatoms. The van der Waals surface area contributed by atoms with E-state index < -0.39 is 30.7 Å². The van der Waals surface area contributed by atoms with Crippen molar-refractivity contribution in [2.24, 2.45) is 0 Å². The maximum absolute atomic E-state index is 10.3. The zero-order valence-electron chi connectivity index (χ0n) is 13.9. The van der Waals surface area contributed by atoms with Crippen LogP contribution in [-0.4, -0.2) is 55.1 Å². The van der Waals surface area contributed by atoms with Gasteiger partial charge in [-0.15, -0.1) is 0 Å². The van der Waals surface area contributed by atoms with Crippen molar-refractivity contribution in [2.75, 3.05) is 0 Å². The zero-order chi connectivity index (χ0) is 18.6. The second-order valence-corrected chi connectivity index (χ2v) is 6.12. The molecule has 1 aromatic rings. The van der Waals surface area contributed by atoms with E-state index in [1.54, 1.807) is 13.0 Å². The summed E-state index contributed by atoms with van der Waals surface area (Å²) in [6, 6.07) is 2.44. The lowest BCUT2D eigenvalue weighted by molar-refractivity contribution is -0.134. The Balaban J connectivity index is 2.40. The summed E-state index contributed by atoms with van der Waals surface area (Å²) in [5.41, 5.74) is 0.407. The van der Waals surface area contributed by atoms with Crippen molar-refractivity contribution in [3.05, 3.63) is 41.5 Å². The molecule has 0 aromatic heterocycles. The third-order valence-electron chi connectivity index (χ3n) is 4.00. The van der Waals surface area contributed by atoms with Crippen LogP contribution in [0.15, 0.2) is 30.4 Å². The largest absolute Gasteiger partial charge is 0.508 e. The van der Waals surface area contributed by atoms with Crippen LogP contribution < -0.4 is 0 Å². The second kappa shape index (κ2) is 8.46. The lowest BCUT2D eigenvalue weighted by Gasteiger charge is -2.22. The van der Waals surface area contributed by atoms with Crippen LogP contribution in [-0.2, 0) is 4.74 Å². The van der Waals surface area contributed by atoms with Gasteiger partial charge in [0, 0.05) is 6.07 Å². The molecule has 0 bridgehead atoms. The van der Waals surface area contributed by atoms with Crippen molar-refractivity contribution in [3.63, 3.8) is 0 Å². The van der Waals surface area contributed by atoms with Gasteiger partial charge in [0.1, 0.15) is 23.7 Å². The van der Waals surface area contributed by atoms with Crippen molar-refractivity contribution in [2.45, 2.75) is 50.5 Å². The summed E-state index contributed by atoms with van der Waals surface area (Å²) < 4.78 is 5.46. The van der Waals surface area contributed by atoms with Gasteiger partial charge < -0.3 is 35.4 Å². The van der Waals surface area contributed by atoms with Gasteiger partial charge in [-0.1, -0.05) is 24.3 Å². The van der Waals surface area contributed by atoms with E-state index in [9.17, 15) is 30.6 Å². The molecule has 138 valence electrons. The summed E-state index contributed by atoms with van der Waals surface area (Å²) in [6.07, 6.45) is 0.616. The third kappa shape index (κ3) is 5.04. The number of aliphatic hydroxyl groups is 4. The fourth-order valence-electron chi connectivity index (χ4n) is 2.62. The Hall–Kier alpha value is -1.90. The van der Waals surface area contributed by atoms with Gasteiger partial charge in [-0.05, 0) is 31.4 Å². The summed E-state index contributed by atoms with van der Waals surface area (Å²) >= 11 is 0. The highest BCUT2D eigenvalue weighted by atomic mass is 16.6. The lowest BCUT2D eigenvalue weighted by atomic mass is 10.0. The molecule has 0 aliphatic carbocycles. The fraction of sp³-hybridized carbons (Fsp3) is 0.444. The molecular weight excluding hydrogens is 328 g/mol. The van der Waals surface area contributed by atoms with Gasteiger partial charge in [0.15, 0.2) is 6.29 Å². The van der Waals surface area contributed by atoms with Gasteiger partial charge in [-0.2, -0.15) is 0 Å². The van der Waals surface area contributed by atoms with Gasteiger partial charge in [-0.3, -0.25) is 0 Å². The first-order valence-electron chi connectivity index (χ1n) is 8.06. The van der Waals surface area contributed by atoms with Crippen molar-refractivity contribution in [1.82, 2.24) is 0 Å². The molecule has 7 nitrogen and oxygen atoms in total. The topological polar surface area (TPSA) is 131 Å². The Morgan fingerprint density at radius 1 is 1.00 bits per heavy atom. The van der Waals surface area contributed by atoms with E-state index in [1.165, 1.54) is 24.3 Å². The number of fused-ring (bicyclic) bond motifs is 1. The van der Waals surface area contributed by atoms with Crippen LogP contribution in [0.5, 0.6) is 11.5 Å². The number of hydrogen-bond acceptors (Lipinski definition) is 7. The molecule has 0 saturated heterocycles. The standard InChI is InChI=1S/C18H24O7/c1-10-4-2-6-13(20)17(23)14(21)7-3-5-11-8-12(19)9-15(22)16(11)18(24)25-10/h2-3,5-6,8-10,13-14,17-24H,4,7H2,1H3/t10-,13-,14-,17+,18-/m0/s1.